The van der Waals surface area contributed by atoms with Gasteiger partial charge in [-0.1, -0.05) is 0 Å². The standard InChI is InChI=1S/C12H14F3N3O2/c1-20-11(19)10-7-6-16-5-3-8(7)17-9(18-10)2-4-12(13,14)15/h16H,2-6H2,1H3. The SMILES string of the molecule is COC(=O)c1nc(CCC(F)(F)F)nc2c1CNCC2. The first-order chi connectivity index (χ1) is 9.40. The van der Waals surface area contributed by atoms with E-state index in [0.29, 0.717) is 30.8 Å². The summed E-state index contributed by atoms with van der Waals surface area (Å²) in [6.45, 7) is 1.09. The third-order valence-electron chi connectivity index (χ3n) is 2.99. The van der Waals surface area contributed by atoms with Crippen LogP contribution in [0.15, 0.2) is 0 Å². The van der Waals surface area contributed by atoms with Crippen molar-refractivity contribution < 1.29 is 22.7 Å². The molecule has 2 rings (SSSR count). The molecule has 0 unspecified atom stereocenters. The lowest BCUT2D eigenvalue weighted by Gasteiger charge is -2.19. The number of aryl methyl sites for hydroxylation is 1. The molecule has 0 fully saturated rings. The molecular weight excluding hydrogens is 275 g/mol. The Bertz CT molecular complexity index is 517. The number of nitrogens with one attached hydrogen (secondary N) is 1. The van der Waals surface area contributed by atoms with E-state index in [4.69, 9.17) is 0 Å². The first-order valence-electron chi connectivity index (χ1n) is 6.15. The highest BCUT2D eigenvalue weighted by Crippen LogP contribution is 2.23. The molecule has 0 saturated carbocycles. The second kappa shape index (κ2) is 5.74. The van der Waals surface area contributed by atoms with Crippen LogP contribution in [0, 0.1) is 0 Å². The van der Waals surface area contributed by atoms with Crippen molar-refractivity contribution in [2.24, 2.45) is 0 Å². The zero-order valence-electron chi connectivity index (χ0n) is 10.9. The molecule has 5 nitrogen and oxygen atoms in total. The van der Waals surface area contributed by atoms with E-state index in [0.717, 1.165) is 0 Å². The fourth-order valence-corrected chi connectivity index (χ4v) is 2.03. The van der Waals surface area contributed by atoms with Gasteiger partial charge in [-0.05, 0) is 0 Å². The fourth-order valence-electron chi connectivity index (χ4n) is 2.03. The van der Waals surface area contributed by atoms with Gasteiger partial charge in [0.05, 0.1) is 19.2 Å². The number of methoxy groups -OCH3 is 1. The molecule has 110 valence electrons. The van der Waals surface area contributed by atoms with E-state index in [2.05, 4.69) is 20.0 Å². The predicted molar refractivity (Wildman–Crippen MR) is 63.2 cm³/mol. The first kappa shape index (κ1) is 14.7. The molecule has 8 heteroatoms. The summed E-state index contributed by atoms with van der Waals surface area (Å²) in [6, 6.07) is 0. The van der Waals surface area contributed by atoms with E-state index >= 15 is 0 Å². The van der Waals surface area contributed by atoms with Crippen molar-refractivity contribution >= 4 is 5.97 Å². The Morgan fingerprint density at radius 1 is 1.40 bits per heavy atom. The Morgan fingerprint density at radius 2 is 2.15 bits per heavy atom. The number of carbonyl (C=O) groups is 1. The van der Waals surface area contributed by atoms with Gasteiger partial charge in [0, 0.05) is 31.5 Å². The van der Waals surface area contributed by atoms with Crippen LogP contribution < -0.4 is 5.32 Å². The van der Waals surface area contributed by atoms with Gasteiger partial charge in [-0.2, -0.15) is 13.2 Å². The summed E-state index contributed by atoms with van der Waals surface area (Å²) in [6.07, 6.45) is -5.06. The van der Waals surface area contributed by atoms with Gasteiger partial charge in [0.1, 0.15) is 5.82 Å². The number of hydrogen-bond donors (Lipinski definition) is 1. The van der Waals surface area contributed by atoms with Crippen molar-refractivity contribution in [3.63, 3.8) is 0 Å². The summed E-state index contributed by atoms with van der Waals surface area (Å²) in [7, 11) is 1.21. The van der Waals surface area contributed by atoms with Crippen LogP contribution in [-0.4, -0.2) is 35.8 Å². The van der Waals surface area contributed by atoms with Crippen LogP contribution in [0.25, 0.3) is 0 Å². The van der Waals surface area contributed by atoms with E-state index in [1.54, 1.807) is 0 Å². The molecule has 0 aromatic carbocycles. The average molecular weight is 289 g/mol. The number of carbonyl (C=O) groups excluding carboxylic acids is 1. The number of rotatable bonds is 3. The maximum absolute atomic E-state index is 12.2. The summed E-state index contributed by atoms with van der Waals surface area (Å²) in [5.74, 6) is -0.621. The minimum atomic E-state index is -4.27. The molecule has 1 aromatic heterocycles. The summed E-state index contributed by atoms with van der Waals surface area (Å²) in [5.41, 5.74) is 1.29. The largest absolute Gasteiger partial charge is 0.464 e. The predicted octanol–water partition coefficient (Wildman–Crippen LogP) is 1.40. The lowest BCUT2D eigenvalue weighted by molar-refractivity contribution is -0.134. The topological polar surface area (TPSA) is 64.1 Å². The molecule has 1 N–H and O–H groups in total. The second-order valence-electron chi connectivity index (χ2n) is 4.45. The van der Waals surface area contributed by atoms with Gasteiger partial charge in [-0.15, -0.1) is 0 Å². The molecular formula is C12H14F3N3O2. The van der Waals surface area contributed by atoms with Gasteiger partial charge < -0.3 is 10.1 Å². The summed E-state index contributed by atoms with van der Waals surface area (Å²) >= 11 is 0. The molecule has 0 saturated heterocycles. The van der Waals surface area contributed by atoms with E-state index in [1.165, 1.54) is 7.11 Å². The van der Waals surface area contributed by atoms with Gasteiger partial charge in [0.25, 0.3) is 0 Å². The van der Waals surface area contributed by atoms with Crippen LogP contribution in [0.4, 0.5) is 13.2 Å². The van der Waals surface area contributed by atoms with Crippen LogP contribution in [0.2, 0.25) is 0 Å². The van der Waals surface area contributed by atoms with E-state index in [-0.39, 0.29) is 17.9 Å². The van der Waals surface area contributed by atoms with Crippen LogP contribution >= 0.6 is 0 Å². The molecule has 0 amide bonds. The number of alkyl halides is 3. The lowest BCUT2D eigenvalue weighted by atomic mass is 10.0. The molecule has 0 radical (unpaired) electrons. The Hall–Kier alpha value is -1.70. The smallest absolute Gasteiger partial charge is 0.389 e. The third-order valence-corrected chi connectivity index (χ3v) is 2.99. The van der Waals surface area contributed by atoms with Crippen LogP contribution in [0.3, 0.4) is 0 Å². The van der Waals surface area contributed by atoms with Crippen molar-refractivity contribution in [3.05, 3.63) is 22.8 Å². The van der Waals surface area contributed by atoms with Crippen LogP contribution in [-0.2, 0) is 24.1 Å². The molecule has 0 bridgehead atoms. The Labute approximate surface area is 113 Å². The van der Waals surface area contributed by atoms with E-state index < -0.39 is 18.6 Å². The third kappa shape index (κ3) is 3.44. The van der Waals surface area contributed by atoms with Crippen molar-refractivity contribution in [2.75, 3.05) is 13.7 Å². The van der Waals surface area contributed by atoms with Crippen LogP contribution in [0.1, 0.15) is 34.0 Å². The number of ether oxygens (including phenoxy) is 1. The first-order valence-corrected chi connectivity index (χ1v) is 6.15. The fraction of sp³-hybridized carbons (Fsp3) is 0.583. The maximum Gasteiger partial charge on any atom is 0.389 e. The zero-order chi connectivity index (χ0) is 14.8. The van der Waals surface area contributed by atoms with Gasteiger partial charge in [-0.3, -0.25) is 0 Å². The summed E-state index contributed by atoms with van der Waals surface area (Å²) < 4.78 is 41.4. The number of halogens is 3. The van der Waals surface area contributed by atoms with Gasteiger partial charge in [0.15, 0.2) is 5.69 Å². The summed E-state index contributed by atoms with van der Waals surface area (Å²) in [4.78, 5) is 19.7. The molecule has 1 aromatic rings. The molecule has 0 atom stereocenters. The second-order valence-corrected chi connectivity index (χ2v) is 4.45. The van der Waals surface area contributed by atoms with Crippen molar-refractivity contribution in [1.29, 1.82) is 0 Å². The van der Waals surface area contributed by atoms with Gasteiger partial charge in [0.2, 0.25) is 0 Å². The maximum atomic E-state index is 12.2. The minimum absolute atomic E-state index is 0.0309. The Balaban J connectivity index is 2.32. The zero-order valence-corrected chi connectivity index (χ0v) is 10.9. The molecule has 0 spiro atoms. The highest BCUT2D eigenvalue weighted by atomic mass is 19.4. The highest BCUT2D eigenvalue weighted by molar-refractivity contribution is 5.89. The Morgan fingerprint density at radius 3 is 2.80 bits per heavy atom. The minimum Gasteiger partial charge on any atom is -0.464 e. The van der Waals surface area contributed by atoms with E-state index in [9.17, 15) is 18.0 Å². The average Bonchev–Trinajstić information content (AvgIpc) is 2.42. The summed E-state index contributed by atoms with van der Waals surface area (Å²) in [5, 5.41) is 3.07. The molecule has 0 aliphatic carbocycles. The number of esters is 1. The highest BCUT2D eigenvalue weighted by Gasteiger charge is 2.28. The van der Waals surface area contributed by atoms with Gasteiger partial charge >= 0.3 is 12.1 Å². The van der Waals surface area contributed by atoms with Crippen molar-refractivity contribution in [2.45, 2.75) is 32.0 Å². The number of nitrogens with zero attached hydrogens (tertiary/aromatic N) is 2. The molecule has 20 heavy (non-hydrogen) atoms. The number of hydrogen-bond acceptors (Lipinski definition) is 5. The molecule has 1 aliphatic heterocycles. The normalized spacial score (nSPS) is 14.8. The Kier molecular flexibility index (Phi) is 4.22. The lowest BCUT2D eigenvalue weighted by Crippen LogP contribution is -2.29. The van der Waals surface area contributed by atoms with Crippen molar-refractivity contribution in [3.8, 4) is 0 Å². The monoisotopic (exact) mass is 289 g/mol. The van der Waals surface area contributed by atoms with E-state index in [1.807, 2.05) is 0 Å². The van der Waals surface area contributed by atoms with Crippen LogP contribution in [0.5, 0.6) is 0 Å². The molecule has 2 heterocycles. The van der Waals surface area contributed by atoms with Crippen molar-refractivity contribution in [1.82, 2.24) is 15.3 Å². The molecule has 1 aliphatic rings. The van der Waals surface area contributed by atoms with Gasteiger partial charge in [-0.25, -0.2) is 14.8 Å². The number of aromatic nitrogens is 2. The number of fused-ring (bicyclic) bond motifs is 1. The quantitative estimate of drug-likeness (QED) is 0.852.